The molecule has 1 aromatic heterocycles. The van der Waals surface area contributed by atoms with Gasteiger partial charge >= 0.3 is 5.97 Å². The number of hydrogen-bond donors (Lipinski definition) is 1. The van der Waals surface area contributed by atoms with Crippen LogP contribution in [0.3, 0.4) is 0 Å². The Labute approximate surface area is 99.5 Å². The fraction of sp³-hybridized carbons (Fsp3) is 0.455. The molecule has 90 valence electrons. The molecule has 1 rings (SSSR count). The Morgan fingerprint density at radius 1 is 1.59 bits per heavy atom. The van der Waals surface area contributed by atoms with Crippen LogP contribution in [0, 0.1) is 17.2 Å². The van der Waals surface area contributed by atoms with Gasteiger partial charge in [0.25, 0.3) is 0 Å². The van der Waals surface area contributed by atoms with E-state index < -0.39 is 5.97 Å². The quantitative estimate of drug-likeness (QED) is 0.822. The summed E-state index contributed by atoms with van der Waals surface area (Å²) in [5, 5.41) is 17.4. The second-order valence-electron chi connectivity index (χ2n) is 3.63. The Bertz CT molecular complexity index is 424. The number of hydrogen-bond acceptors (Lipinski definition) is 5. The summed E-state index contributed by atoms with van der Waals surface area (Å²) in [6, 6.07) is 2.15. The molecule has 0 bridgehead atoms. The first-order valence-electron chi connectivity index (χ1n) is 5.28. The van der Waals surface area contributed by atoms with Crippen molar-refractivity contribution < 1.29 is 9.90 Å². The van der Waals surface area contributed by atoms with E-state index in [0.717, 1.165) is 0 Å². The molecule has 0 fully saturated rings. The highest BCUT2D eigenvalue weighted by Gasteiger charge is 2.12. The molecule has 1 unspecified atom stereocenters. The van der Waals surface area contributed by atoms with E-state index >= 15 is 0 Å². The lowest BCUT2D eigenvalue weighted by molar-refractivity contribution is 0.0690. The molecule has 1 N–H and O–H groups in total. The minimum atomic E-state index is -1.10. The van der Waals surface area contributed by atoms with Crippen LogP contribution in [0.25, 0.3) is 0 Å². The third-order valence-corrected chi connectivity index (χ3v) is 2.28. The molecule has 17 heavy (non-hydrogen) atoms. The predicted molar refractivity (Wildman–Crippen MR) is 61.7 cm³/mol. The number of aromatic nitrogens is 2. The molecule has 6 nitrogen and oxygen atoms in total. The average molecular weight is 234 g/mol. The number of nitrogens with zero attached hydrogens (tertiary/aromatic N) is 4. The van der Waals surface area contributed by atoms with E-state index in [0.29, 0.717) is 18.9 Å². The Balaban J connectivity index is 2.83. The molecular formula is C11H14N4O2. The van der Waals surface area contributed by atoms with E-state index in [9.17, 15) is 4.79 Å². The summed E-state index contributed by atoms with van der Waals surface area (Å²) in [5.41, 5.74) is -0.0851. The van der Waals surface area contributed by atoms with Gasteiger partial charge in [-0.1, -0.05) is 0 Å². The number of carboxylic acid groups (broad SMARTS) is 1. The molecule has 1 aromatic rings. The van der Waals surface area contributed by atoms with Crippen molar-refractivity contribution in [2.45, 2.75) is 13.8 Å². The molecule has 0 amide bonds. The third-order valence-electron chi connectivity index (χ3n) is 2.28. The van der Waals surface area contributed by atoms with Gasteiger partial charge in [-0.15, -0.1) is 0 Å². The zero-order chi connectivity index (χ0) is 12.8. The van der Waals surface area contributed by atoms with Gasteiger partial charge in [-0.3, -0.25) is 0 Å². The van der Waals surface area contributed by atoms with Crippen LogP contribution in [0.4, 0.5) is 5.82 Å². The highest BCUT2D eigenvalue weighted by atomic mass is 16.4. The molecule has 1 atom stereocenters. The van der Waals surface area contributed by atoms with Crippen molar-refractivity contribution in [2.24, 2.45) is 5.92 Å². The topological polar surface area (TPSA) is 90.1 Å². The molecule has 0 saturated carbocycles. The molecule has 0 spiro atoms. The van der Waals surface area contributed by atoms with Crippen molar-refractivity contribution in [1.29, 1.82) is 5.26 Å². The summed E-state index contributed by atoms with van der Waals surface area (Å²) in [7, 11) is 0. The lowest BCUT2D eigenvalue weighted by Gasteiger charge is -2.22. The fourth-order valence-electron chi connectivity index (χ4n) is 1.35. The Morgan fingerprint density at radius 3 is 2.71 bits per heavy atom. The highest BCUT2D eigenvalue weighted by molar-refractivity contribution is 5.84. The van der Waals surface area contributed by atoms with Gasteiger partial charge in [-0.05, 0) is 13.8 Å². The van der Waals surface area contributed by atoms with Crippen LogP contribution in [0.5, 0.6) is 0 Å². The number of nitriles is 1. The smallest absolute Gasteiger partial charge is 0.356 e. The summed E-state index contributed by atoms with van der Waals surface area (Å²) in [4.78, 5) is 20.3. The number of carboxylic acids is 1. The maximum absolute atomic E-state index is 10.6. The van der Waals surface area contributed by atoms with Gasteiger partial charge in [0.2, 0.25) is 0 Å². The van der Waals surface area contributed by atoms with Crippen molar-refractivity contribution in [3.05, 3.63) is 18.1 Å². The molecule has 0 aliphatic heterocycles. The fourth-order valence-corrected chi connectivity index (χ4v) is 1.35. The Morgan fingerprint density at radius 2 is 2.29 bits per heavy atom. The van der Waals surface area contributed by atoms with Gasteiger partial charge in [0.05, 0.1) is 24.4 Å². The third kappa shape index (κ3) is 3.41. The summed E-state index contributed by atoms with van der Waals surface area (Å²) < 4.78 is 0. The van der Waals surface area contributed by atoms with Crippen molar-refractivity contribution >= 4 is 11.8 Å². The van der Waals surface area contributed by atoms with E-state index in [-0.39, 0.29) is 11.6 Å². The van der Waals surface area contributed by atoms with Crippen LogP contribution in [0.2, 0.25) is 0 Å². The van der Waals surface area contributed by atoms with Gasteiger partial charge in [0, 0.05) is 13.1 Å². The standard InChI is InChI=1S/C11H14N4O2/c1-3-15(7-8(2)4-12)10-6-13-9(5-14-10)11(16)17/h5-6,8H,3,7H2,1-2H3,(H,16,17). The van der Waals surface area contributed by atoms with Gasteiger partial charge in [-0.25, -0.2) is 14.8 Å². The molecule has 1 heterocycles. The molecule has 0 saturated heterocycles. The number of anilines is 1. The first-order valence-corrected chi connectivity index (χ1v) is 5.28. The van der Waals surface area contributed by atoms with Crippen LogP contribution in [-0.2, 0) is 0 Å². The molecule has 0 aliphatic rings. The predicted octanol–water partition coefficient (Wildman–Crippen LogP) is 1.16. The van der Waals surface area contributed by atoms with Gasteiger partial charge in [0.1, 0.15) is 5.82 Å². The molecule has 6 heteroatoms. The van der Waals surface area contributed by atoms with Crippen molar-refractivity contribution in [3.63, 3.8) is 0 Å². The van der Waals surface area contributed by atoms with E-state index in [4.69, 9.17) is 10.4 Å². The summed E-state index contributed by atoms with van der Waals surface area (Å²) in [5.74, 6) is -0.631. The lowest BCUT2D eigenvalue weighted by Crippen LogP contribution is -2.28. The molecule has 0 aliphatic carbocycles. The largest absolute Gasteiger partial charge is 0.476 e. The van der Waals surface area contributed by atoms with Crippen LogP contribution >= 0.6 is 0 Å². The SMILES string of the molecule is CCN(CC(C)C#N)c1cnc(C(=O)O)cn1. The Hall–Kier alpha value is -2.16. The normalized spacial score (nSPS) is 11.6. The molecule has 0 aromatic carbocycles. The number of rotatable bonds is 5. The van der Waals surface area contributed by atoms with E-state index in [1.165, 1.54) is 12.4 Å². The zero-order valence-electron chi connectivity index (χ0n) is 9.79. The van der Waals surface area contributed by atoms with Crippen LogP contribution in [0.15, 0.2) is 12.4 Å². The zero-order valence-corrected chi connectivity index (χ0v) is 9.79. The number of aromatic carboxylic acids is 1. The van der Waals surface area contributed by atoms with Crippen LogP contribution in [0.1, 0.15) is 24.3 Å². The second-order valence-corrected chi connectivity index (χ2v) is 3.63. The number of carbonyl (C=O) groups is 1. The lowest BCUT2D eigenvalue weighted by atomic mass is 10.2. The maximum atomic E-state index is 10.6. The maximum Gasteiger partial charge on any atom is 0.356 e. The highest BCUT2D eigenvalue weighted by Crippen LogP contribution is 2.11. The summed E-state index contributed by atoms with van der Waals surface area (Å²) >= 11 is 0. The Kier molecular flexibility index (Phi) is 4.40. The van der Waals surface area contributed by atoms with Crippen molar-refractivity contribution in [2.75, 3.05) is 18.0 Å². The van der Waals surface area contributed by atoms with Gasteiger partial charge < -0.3 is 10.0 Å². The minimum absolute atomic E-state index is 0.0851. The molecule has 0 radical (unpaired) electrons. The first-order chi connectivity index (χ1) is 8.08. The average Bonchev–Trinajstić information content (AvgIpc) is 2.35. The van der Waals surface area contributed by atoms with E-state index in [1.807, 2.05) is 18.7 Å². The second kappa shape index (κ2) is 5.80. The van der Waals surface area contributed by atoms with Crippen LogP contribution < -0.4 is 4.90 Å². The van der Waals surface area contributed by atoms with Crippen molar-refractivity contribution in [3.8, 4) is 6.07 Å². The monoisotopic (exact) mass is 234 g/mol. The van der Waals surface area contributed by atoms with E-state index in [1.54, 1.807) is 0 Å². The van der Waals surface area contributed by atoms with Crippen molar-refractivity contribution in [1.82, 2.24) is 9.97 Å². The van der Waals surface area contributed by atoms with Crippen LogP contribution in [-0.4, -0.2) is 34.1 Å². The minimum Gasteiger partial charge on any atom is -0.476 e. The first kappa shape index (κ1) is 12.9. The molecular weight excluding hydrogens is 220 g/mol. The van der Waals surface area contributed by atoms with E-state index in [2.05, 4.69) is 16.0 Å². The van der Waals surface area contributed by atoms with Gasteiger partial charge in [-0.2, -0.15) is 5.26 Å². The van der Waals surface area contributed by atoms with Gasteiger partial charge in [0.15, 0.2) is 5.69 Å². The summed E-state index contributed by atoms with van der Waals surface area (Å²) in [6.45, 7) is 5.00. The summed E-state index contributed by atoms with van der Waals surface area (Å²) in [6.07, 6.45) is 2.63.